The second-order valence-corrected chi connectivity index (χ2v) is 7.58. The van der Waals surface area contributed by atoms with Gasteiger partial charge in [-0.05, 0) is 30.4 Å². The van der Waals surface area contributed by atoms with Crippen molar-refractivity contribution in [3.05, 3.63) is 47.1 Å². The molecule has 0 aromatic carbocycles. The van der Waals surface area contributed by atoms with E-state index in [0.29, 0.717) is 23.7 Å². The van der Waals surface area contributed by atoms with Gasteiger partial charge in [-0.2, -0.15) is 0 Å². The Labute approximate surface area is 146 Å². The molecule has 2 heterocycles. The molecule has 130 valence electrons. The van der Waals surface area contributed by atoms with E-state index in [1.54, 1.807) is 6.33 Å². The molecule has 0 N–H and O–H groups in total. The Morgan fingerprint density at radius 3 is 1.92 bits per heavy atom. The minimum absolute atomic E-state index is 0.306. The van der Waals surface area contributed by atoms with Gasteiger partial charge in [-0.3, -0.25) is 0 Å². The number of rotatable bonds is 6. The zero-order chi connectivity index (χ0) is 17.9. The zero-order valence-corrected chi connectivity index (χ0v) is 16.0. The molecule has 0 amide bonds. The number of nitrogens with zero attached hydrogens (tertiary/aromatic N) is 4. The van der Waals surface area contributed by atoms with Gasteiger partial charge in [-0.1, -0.05) is 48.5 Å². The van der Waals surface area contributed by atoms with Crippen molar-refractivity contribution in [3.63, 3.8) is 0 Å². The van der Waals surface area contributed by atoms with Crippen LogP contribution < -0.4 is 0 Å². The molecular formula is C20H30N4. The molecule has 0 radical (unpaired) electrons. The van der Waals surface area contributed by atoms with Gasteiger partial charge >= 0.3 is 0 Å². The topological polar surface area (TPSA) is 51.6 Å². The predicted molar refractivity (Wildman–Crippen MR) is 98.5 cm³/mol. The summed E-state index contributed by atoms with van der Waals surface area (Å²) in [6.45, 7) is 15.2. The van der Waals surface area contributed by atoms with Crippen molar-refractivity contribution in [3.8, 4) is 0 Å². The Kier molecular flexibility index (Phi) is 6.03. The molecule has 0 saturated heterocycles. The molecule has 2 aromatic heterocycles. The lowest BCUT2D eigenvalue weighted by atomic mass is 9.97. The van der Waals surface area contributed by atoms with Crippen molar-refractivity contribution in [1.29, 1.82) is 0 Å². The third-order valence-electron chi connectivity index (χ3n) is 4.25. The summed E-state index contributed by atoms with van der Waals surface area (Å²) in [5.41, 5.74) is 4.42. The molecule has 24 heavy (non-hydrogen) atoms. The molecule has 0 fully saturated rings. The van der Waals surface area contributed by atoms with Crippen LogP contribution in [0.4, 0.5) is 0 Å². The summed E-state index contributed by atoms with van der Waals surface area (Å²) in [6.07, 6.45) is 2.55. The first-order valence-corrected chi connectivity index (χ1v) is 8.97. The monoisotopic (exact) mass is 326 g/mol. The third kappa shape index (κ3) is 4.59. The Hall–Kier alpha value is -1.84. The van der Waals surface area contributed by atoms with Gasteiger partial charge in [-0.15, -0.1) is 0 Å². The van der Waals surface area contributed by atoms with Crippen molar-refractivity contribution < 1.29 is 0 Å². The average Bonchev–Trinajstić information content (AvgIpc) is 2.54. The standard InChI is InChI=1S/C20H30N4/c1-12(2)17-10-19(22-11-21-17)15(7)8-16-9-18(13(3)4)24-20(23-16)14(5)6/h9-15H,8H2,1-7H3. The van der Waals surface area contributed by atoms with Crippen molar-refractivity contribution in [2.75, 3.05) is 0 Å². The lowest BCUT2D eigenvalue weighted by molar-refractivity contribution is 0.668. The molecular weight excluding hydrogens is 296 g/mol. The molecule has 0 aliphatic heterocycles. The lowest BCUT2D eigenvalue weighted by Gasteiger charge is -2.16. The van der Waals surface area contributed by atoms with Crippen molar-refractivity contribution in [2.24, 2.45) is 0 Å². The summed E-state index contributed by atoms with van der Waals surface area (Å²) in [7, 11) is 0. The Morgan fingerprint density at radius 2 is 1.33 bits per heavy atom. The van der Waals surface area contributed by atoms with E-state index in [1.165, 1.54) is 0 Å². The molecule has 1 unspecified atom stereocenters. The summed E-state index contributed by atoms with van der Waals surface area (Å²) in [6, 6.07) is 4.28. The van der Waals surface area contributed by atoms with Gasteiger partial charge in [0, 0.05) is 34.6 Å². The highest BCUT2D eigenvalue weighted by molar-refractivity contribution is 5.20. The maximum atomic E-state index is 4.78. The maximum absolute atomic E-state index is 4.78. The van der Waals surface area contributed by atoms with Crippen LogP contribution in [0.5, 0.6) is 0 Å². The highest BCUT2D eigenvalue weighted by Gasteiger charge is 2.15. The van der Waals surface area contributed by atoms with Gasteiger partial charge in [0.15, 0.2) is 0 Å². The van der Waals surface area contributed by atoms with Gasteiger partial charge in [-0.25, -0.2) is 19.9 Å². The fourth-order valence-corrected chi connectivity index (χ4v) is 2.59. The van der Waals surface area contributed by atoms with Gasteiger partial charge in [0.1, 0.15) is 12.2 Å². The van der Waals surface area contributed by atoms with Crippen LogP contribution in [0.3, 0.4) is 0 Å². The van der Waals surface area contributed by atoms with E-state index >= 15 is 0 Å². The molecule has 0 saturated carbocycles. The molecule has 0 bridgehead atoms. The van der Waals surface area contributed by atoms with E-state index in [2.05, 4.69) is 70.6 Å². The van der Waals surface area contributed by atoms with Gasteiger partial charge < -0.3 is 0 Å². The van der Waals surface area contributed by atoms with Crippen LogP contribution in [0.2, 0.25) is 0 Å². The van der Waals surface area contributed by atoms with E-state index in [9.17, 15) is 0 Å². The zero-order valence-electron chi connectivity index (χ0n) is 16.0. The summed E-state index contributed by atoms with van der Waals surface area (Å²) >= 11 is 0. The van der Waals surface area contributed by atoms with Crippen LogP contribution in [-0.4, -0.2) is 19.9 Å². The van der Waals surface area contributed by atoms with Crippen LogP contribution in [0.1, 0.15) is 101 Å². The molecule has 0 spiro atoms. The second-order valence-electron chi connectivity index (χ2n) is 7.58. The quantitative estimate of drug-likeness (QED) is 0.751. The molecule has 4 nitrogen and oxygen atoms in total. The summed E-state index contributed by atoms with van der Waals surface area (Å²) in [4.78, 5) is 18.3. The van der Waals surface area contributed by atoms with E-state index < -0.39 is 0 Å². The minimum Gasteiger partial charge on any atom is -0.241 e. The number of hydrogen-bond acceptors (Lipinski definition) is 4. The summed E-state index contributed by atoms with van der Waals surface area (Å²) in [5, 5.41) is 0. The minimum atomic E-state index is 0.306. The molecule has 2 aromatic rings. The fourth-order valence-electron chi connectivity index (χ4n) is 2.59. The average molecular weight is 326 g/mol. The Bertz CT molecular complexity index is 651. The van der Waals surface area contributed by atoms with Gasteiger partial charge in [0.2, 0.25) is 0 Å². The lowest BCUT2D eigenvalue weighted by Crippen LogP contribution is -2.10. The highest BCUT2D eigenvalue weighted by Crippen LogP contribution is 2.23. The molecule has 1 atom stereocenters. The number of hydrogen-bond donors (Lipinski definition) is 0. The van der Waals surface area contributed by atoms with Crippen LogP contribution >= 0.6 is 0 Å². The predicted octanol–water partition coefficient (Wildman–Crippen LogP) is 4.98. The molecule has 0 aliphatic rings. The first kappa shape index (κ1) is 18.5. The Balaban J connectivity index is 2.28. The van der Waals surface area contributed by atoms with Crippen molar-refractivity contribution >= 4 is 0 Å². The number of aromatic nitrogens is 4. The van der Waals surface area contributed by atoms with E-state index in [-0.39, 0.29) is 0 Å². The molecule has 0 aliphatic carbocycles. The molecule has 4 heteroatoms. The fraction of sp³-hybridized carbons (Fsp3) is 0.600. The van der Waals surface area contributed by atoms with Crippen LogP contribution in [-0.2, 0) is 6.42 Å². The van der Waals surface area contributed by atoms with E-state index in [0.717, 1.165) is 35.0 Å². The van der Waals surface area contributed by atoms with Gasteiger partial charge in [0.25, 0.3) is 0 Å². The second kappa shape index (κ2) is 7.82. The summed E-state index contributed by atoms with van der Waals surface area (Å²) < 4.78 is 0. The van der Waals surface area contributed by atoms with E-state index in [4.69, 9.17) is 9.97 Å². The van der Waals surface area contributed by atoms with Crippen molar-refractivity contribution in [1.82, 2.24) is 19.9 Å². The highest BCUT2D eigenvalue weighted by atomic mass is 14.9. The van der Waals surface area contributed by atoms with Crippen LogP contribution in [0, 0.1) is 0 Å². The smallest absolute Gasteiger partial charge is 0.131 e. The third-order valence-corrected chi connectivity index (χ3v) is 4.25. The van der Waals surface area contributed by atoms with Crippen LogP contribution in [0.15, 0.2) is 18.5 Å². The largest absolute Gasteiger partial charge is 0.241 e. The van der Waals surface area contributed by atoms with Crippen molar-refractivity contribution in [2.45, 2.75) is 78.6 Å². The SMILES string of the molecule is CC(C)c1cc(C(C)Cc2cc(C(C)C)nc(C(C)C)n2)ncn1. The Morgan fingerprint density at radius 1 is 0.708 bits per heavy atom. The summed E-state index contributed by atoms with van der Waals surface area (Å²) in [5.74, 6) is 2.41. The first-order valence-electron chi connectivity index (χ1n) is 8.97. The van der Waals surface area contributed by atoms with Gasteiger partial charge in [0.05, 0.1) is 0 Å². The molecule has 2 rings (SSSR count). The normalized spacial score (nSPS) is 13.1. The van der Waals surface area contributed by atoms with E-state index in [1.807, 2.05) is 0 Å². The first-order chi connectivity index (χ1) is 11.3. The van der Waals surface area contributed by atoms with Crippen LogP contribution in [0.25, 0.3) is 0 Å². The maximum Gasteiger partial charge on any atom is 0.131 e.